The maximum Gasteiger partial charge on any atom is 0.407 e. The molecule has 4 N–H and O–H groups in total. The van der Waals surface area contributed by atoms with Crippen molar-refractivity contribution in [3.05, 3.63) is 0 Å². The predicted molar refractivity (Wildman–Crippen MR) is 105 cm³/mol. The highest BCUT2D eigenvalue weighted by Crippen LogP contribution is 2.39. The molecule has 1 fully saturated rings. The van der Waals surface area contributed by atoms with Crippen molar-refractivity contribution in [2.75, 3.05) is 13.2 Å². The summed E-state index contributed by atoms with van der Waals surface area (Å²) in [5.41, 5.74) is 0. The second-order valence-corrected chi connectivity index (χ2v) is 15.2. The molecule has 5 atom stereocenters. The fraction of sp³-hybridized carbons (Fsp3) is 0.933. The number of rotatable bonds is 5. The summed E-state index contributed by atoms with van der Waals surface area (Å²) in [5, 5.41) is 32.4. The summed E-state index contributed by atoms with van der Waals surface area (Å²) in [6, 6.07) is -1.15. The van der Waals surface area contributed by atoms with Gasteiger partial charge in [0.15, 0.2) is 14.6 Å². The van der Waals surface area contributed by atoms with Gasteiger partial charge in [-0.05, 0) is 18.1 Å². The first-order chi connectivity index (χ1) is 12.1. The van der Waals surface area contributed by atoms with E-state index in [1.165, 1.54) is 0 Å². The molecule has 0 aromatic carbocycles. The first-order valence-electron chi connectivity index (χ1n) is 8.39. The first kappa shape index (κ1) is 25.2. The molecule has 1 aliphatic rings. The van der Waals surface area contributed by atoms with Gasteiger partial charge in [-0.1, -0.05) is 55.6 Å². The lowest BCUT2D eigenvalue weighted by Crippen LogP contribution is -2.67. The van der Waals surface area contributed by atoms with Crippen LogP contribution in [-0.2, 0) is 13.9 Å². The zero-order valence-corrected chi connectivity index (χ0v) is 19.2. The summed E-state index contributed by atoms with van der Waals surface area (Å²) in [7, 11) is -2.41. The van der Waals surface area contributed by atoms with Crippen LogP contribution >= 0.6 is 34.8 Å². The van der Waals surface area contributed by atoms with Gasteiger partial charge in [0.2, 0.25) is 3.79 Å². The number of alkyl halides is 3. The summed E-state index contributed by atoms with van der Waals surface area (Å²) < 4.78 is 14.4. The van der Waals surface area contributed by atoms with Crippen LogP contribution in [0.1, 0.15) is 20.8 Å². The molecule has 0 aromatic heterocycles. The highest BCUT2D eigenvalue weighted by molar-refractivity contribution is 6.74. The lowest BCUT2D eigenvalue weighted by Gasteiger charge is -2.47. The Morgan fingerprint density at radius 1 is 1.22 bits per heavy atom. The molecule has 2 unspecified atom stereocenters. The number of ether oxygens (including phenoxy) is 2. The van der Waals surface area contributed by atoms with Gasteiger partial charge < -0.3 is 34.5 Å². The molecule has 27 heavy (non-hydrogen) atoms. The van der Waals surface area contributed by atoms with Gasteiger partial charge in [-0.2, -0.15) is 0 Å². The van der Waals surface area contributed by atoms with E-state index in [0.717, 1.165) is 0 Å². The van der Waals surface area contributed by atoms with E-state index in [-0.39, 0.29) is 5.04 Å². The topological polar surface area (TPSA) is 117 Å². The van der Waals surface area contributed by atoms with Crippen molar-refractivity contribution in [3.8, 4) is 0 Å². The third kappa shape index (κ3) is 7.16. The number of nitrogens with one attached hydrogen (secondary N) is 1. The van der Waals surface area contributed by atoms with Crippen LogP contribution in [0.4, 0.5) is 4.79 Å². The minimum atomic E-state index is -2.41. The van der Waals surface area contributed by atoms with Crippen molar-refractivity contribution in [1.82, 2.24) is 5.32 Å². The lowest BCUT2D eigenvalue weighted by atomic mass is 9.97. The number of aliphatic hydroxyl groups is 3. The lowest BCUT2D eigenvalue weighted by molar-refractivity contribution is -0.250. The Hall–Kier alpha value is 0.157. The average Bonchev–Trinajstić information content (AvgIpc) is 2.50. The Morgan fingerprint density at radius 3 is 2.22 bits per heavy atom. The van der Waals surface area contributed by atoms with Gasteiger partial charge >= 0.3 is 6.09 Å². The number of amides is 1. The van der Waals surface area contributed by atoms with Crippen LogP contribution in [0, 0.1) is 0 Å². The normalized spacial score (nSPS) is 30.1. The SMILES string of the molecule is CC(C)(C)[Si](C)(C)O[C@@H]1C(NC(=O)OCC(Cl)(Cl)Cl)[C@H](O)OC(CO)[C@H]1O. The highest BCUT2D eigenvalue weighted by atomic mass is 35.6. The maximum absolute atomic E-state index is 12.0. The van der Waals surface area contributed by atoms with Crippen LogP contribution in [0.3, 0.4) is 0 Å². The Labute approximate surface area is 175 Å². The fourth-order valence-corrected chi connectivity index (χ4v) is 3.70. The molecule has 0 radical (unpaired) electrons. The number of alkyl carbamates (subject to hydrolysis) is 1. The number of aliphatic hydroxyl groups excluding tert-OH is 3. The smallest absolute Gasteiger partial charge is 0.407 e. The molecule has 0 saturated carbocycles. The van der Waals surface area contributed by atoms with Crippen LogP contribution in [0.15, 0.2) is 0 Å². The predicted octanol–water partition coefficient (Wildman–Crippen LogP) is 1.91. The Balaban J connectivity index is 3.00. The van der Waals surface area contributed by atoms with Crippen molar-refractivity contribution in [3.63, 3.8) is 0 Å². The quantitative estimate of drug-likeness (QED) is 0.359. The molecular weight excluding hydrogens is 441 g/mol. The standard InChI is InChI=1S/C15H28Cl3NO7Si/c1-14(2,3)27(4,5)26-11-9(12(22)25-8(6-20)10(11)21)19-13(23)24-7-15(16,17)18/h8-12,20-22H,6-7H2,1-5H3,(H,19,23)/t8?,9?,10-,11-,12-/m1/s1. The molecule has 1 saturated heterocycles. The van der Waals surface area contributed by atoms with E-state index >= 15 is 0 Å². The van der Waals surface area contributed by atoms with Gasteiger partial charge in [-0.3, -0.25) is 0 Å². The van der Waals surface area contributed by atoms with E-state index in [0.29, 0.717) is 0 Å². The van der Waals surface area contributed by atoms with Crippen molar-refractivity contribution >= 4 is 49.2 Å². The van der Waals surface area contributed by atoms with Gasteiger partial charge in [-0.25, -0.2) is 4.79 Å². The Kier molecular flexibility index (Phi) is 8.69. The van der Waals surface area contributed by atoms with Gasteiger partial charge in [-0.15, -0.1) is 0 Å². The first-order valence-corrected chi connectivity index (χ1v) is 12.4. The van der Waals surface area contributed by atoms with E-state index < -0.39 is 62.1 Å². The highest BCUT2D eigenvalue weighted by Gasteiger charge is 2.50. The maximum atomic E-state index is 12.0. The van der Waals surface area contributed by atoms with Crippen LogP contribution in [0.25, 0.3) is 0 Å². The number of hydrogen-bond acceptors (Lipinski definition) is 7. The monoisotopic (exact) mass is 467 g/mol. The van der Waals surface area contributed by atoms with Gasteiger partial charge in [0.1, 0.15) is 24.9 Å². The largest absolute Gasteiger partial charge is 0.445 e. The van der Waals surface area contributed by atoms with Crippen LogP contribution in [-0.4, -0.2) is 77.4 Å². The van der Waals surface area contributed by atoms with Gasteiger partial charge in [0, 0.05) is 0 Å². The zero-order valence-electron chi connectivity index (χ0n) is 15.9. The molecule has 0 spiro atoms. The molecule has 1 heterocycles. The number of carbonyl (C=O) groups excluding carboxylic acids is 1. The number of carbonyl (C=O) groups is 1. The minimum Gasteiger partial charge on any atom is -0.445 e. The Bertz CT molecular complexity index is 513. The second-order valence-electron chi connectivity index (χ2n) is 7.94. The summed E-state index contributed by atoms with van der Waals surface area (Å²) in [5.74, 6) is 0. The third-order valence-electron chi connectivity index (χ3n) is 4.76. The molecule has 1 rings (SSSR count). The molecule has 12 heteroatoms. The summed E-state index contributed by atoms with van der Waals surface area (Å²) in [6.07, 6.45) is -5.91. The molecule has 0 aromatic rings. The number of hydrogen-bond donors (Lipinski definition) is 4. The van der Waals surface area contributed by atoms with Crippen molar-refractivity contribution < 1.29 is 34.0 Å². The van der Waals surface area contributed by atoms with Crippen molar-refractivity contribution in [2.24, 2.45) is 0 Å². The molecular formula is C15H28Cl3NO7Si. The molecule has 1 aliphatic heterocycles. The molecule has 8 nitrogen and oxygen atoms in total. The second kappa shape index (κ2) is 9.31. The summed E-state index contributed by atoms with van der Waals surface area (Å²) >= 11 is 16.6. The van der Waals surface area contributed by atoms with Crippen LogP contribution < -0.4 is 5.32 Å². The van der Waals surface area contributed by atoms with E-state index in [9.17, 15) is 20.1 Å². The van der Waals surface area contributed by atoms with Crippen LogP contribution in [0.2, 0.25) is 18.1 Å². The third-order valence-corrected chi connectivity index (χ3v) is 9.56. The van der Waals surface area contributed by atoms with Crippen molar-refractivity contribution in [2.45, 2.75) is 73.3 Å². The summed E-state index contributed by atoms with van der Waals surface area (Å²) in [4.78, 5) is 12.0. The molecule has 1 amide bonds. The minimum absolute atomic E-state index is 0.203. The summed E-state index contributed by atoms with van der Waals surface area (Å²) in [6.45, 7) is 8.87. The molecule has 0 aliphatic carbocycles. The Morgan fingerprint density at radius 2 is 1.78 bits per heavy atom. The van der Waals surface area contributed by atoms with E-state index in [4.69, 9.17) is 48.7 Å². The average molecular weight is 469 g/mol. The fourth-order valence-electron chi connectivity index (χ4n) is 2.22. The van der Waals surface area contributed by atoms with Gasteiger partial charge in [0.25, 0.3) is 0 Å². The van der Waals surface area contributed by atoms with E-state index in [1.54, 1.807) is 0 Å². The van der Waals surface area contributed by atoms with Gasteiger partial charge in [0.05, 0.1) is 12.7 Å². The molecule has 0 bridgehead atoms. The van der Waals surface area contributed by atoms with Crippen LogP contribution in [0.5, 0.6) is 0 Å². The zero-order chi connectivity index (χ0) is 21.2. The van der Waals surface area contributed by atoms with E-state index in [2.05, 4.69) is 5.32 Å². The number of halogens is 3. The van der Waals surface area contributed by atoms with E-state index in [1.807, 2.05) is 33.9 Å². The van der Waals surface area contributed by atoms with Crippen molar-refractivity contribution in [1.29, 1.82) is 0 Å². The molecule has 160 valence electrons.